The van der Waals surface area contributed by atoms with Crippen molar-refractivity contribution in [3.8, 4) is 0 Å². The van der Waals surface area contributed by atoms with Gasteiger partial charge in [0.25, 0.3) is 0 Å². The van der Waals surface area contributed by atoms with Crippen LogP contribution in [0.4, 0.5) is 5.69 Å². The van der Waals surface area contributed by atoms with Crippen LogP contribution in [0.15, 0.2) is 59.7 Å². The summed E-state index contributed by atoms with van der Waals surface area (Å²) in [6, 6.07) is 15.8. The zero-order valence-corrected chi connectivity index (χ0v) is 8.38. The van der Waals surface area contributed by atoms with E-state index in [1.807, 2.05) is 54.7 Å². The van der Waals surface area contributed by atoms with Crippen LogP contribution >= 0.6 is 0 Å². The highest BCUT2D eigenvalue weighted by atomic mass is 14.7. The Kier molecular flexibility index (Phi) is 3.23. The predicted molar refractivity (Wildman–Crippen MR) is 62.5 cm³/mol. The SMILES string of the molecule is C(Cc1ccccn1)=Nc1ccccc1. The standard InChI is InChI=1S/C13H12N2/c1-2-6-12(7-3-1)15-11-9-13-8-4-5-10-14-13/h1-8,10-11H,9H2. The second kappa shape index (κ2) is 5.05. The Morgan fingerprint density at radius 3 is 2.53 bits per heavy atom. The lowest BCUT2D eigenvalue weighted by atomic mass is 10.3. The zero-order valence-electron chi connectivity index (χ0n) is 8.38. The number of nitrogens with zero attached hydrogens (tertiary/aromatic N) is 2. The third kappa shape index (κ3) is 3.02. The average molecular weight is 196 g/mol. The van der Waals surface area contributed by atoms with E-state index in [0.717, 1.165) is 17.8 Å². The average Bonchev–Trinajstić information content (AvgIpc) is 2.32. The van der Waals surface area contributed by atoms with Crippen LogP contribution in [0.5, 0.6) is 0 Å². The molecule has 0 fully saturated rings. The molecule has 0 aliphatic carbocycles. The van der Waals surface area contributed by atoms with Crippen molar-refractivity contribution in [3.63, 3.8) is 0 Å². The normalized spacial score (nSPS) is 10.7. The van der Waals surface area contributed by atoms with E-state index < -0.39 is 0 Å². The van der Waals surface area contributed by atoms with E-state index in [-0.39, 0.29) is 0 Å². The van der Waals surface area contributed by atoms with Gasteiger partial charge in [-0.05, 0) is 24.3 Å². The van der Waals surface area contributed by atoms with Gasteiger partial charge in [0.15, 0.2) is 0 Å². The van der Waals surface area contributed by atoms with E-state index >= 15 is 0 Å². The first kappa shape index (κ1) is 9.59. The van der Waals surface area contributed by atoms with Crippen LogP contribution < -0.4 is 0 Å². The molecule has 0 saturated carbocycles. The largest absolute Gasteiger partial charge is 0.261 e. The van der Waals surface area contributed by atoms with Crippen LogP contribution in [-0.2, 0) is 6.42 Å². The third-order valence-electron chi connectivity index (χ3n) is 2.02. The van der Waals surface area contributed by atoms with Crippen molar-refractivity contribution < 1.29 is 0 Å². The van der Waals surface area contributed by atoms with Crippen molar-refractivity contribution in [2.75, 3.05) is 0 Å². The minimum Gasteiger partial charge on any atom is -0.261 e. The van der Waals surface area contributed by atoms with Crippen LogP contribution in [0.1, 0.15) is 5.69 Å². The Bertz CT molecular complexity index is 421. The molecule has 2 heteroatoms. The third-order valence-corrected chi connectivity index (χ3v) is 2.02. The summed E-state index contributed by atoms with van der Waals surface area (Å²) in [6.45, 7) is 0. The smallest absolute Gasteiger partial charge is 0.0625 e. The van der Waals surface area contributed by atoms with E-state index in [1.165, 1.54) is 0 Å². The molecule has 0 spiro atoms. The van der Waals surface area contributed by atoms with Crippen LogP contribution in [-0.4, -0.2) is 11.2 Å². The van der Waals surface area contributed by atoms with Gasteiger partial charge in [0, 0.05) is 24.5 Å². The second-order valence-electron chi connectivity index (χ2n) is 3.17. The Morgan fingerprint density at radius 1 is 1.00 bits per heavy atom. The molecular formula is C13H12N2. The molecule has 1 heterocycles. The molecular weight excluding hydrogens is 184 g/mol. The van der Waals surface area contributed by atoms with Gasteiger partial charge in [0.1, 0.15) is 0 Å². The Hall–Kier alpha value is -1.96. The molecule has 1 aromatic carbocycles. The van der Waals surface area contributed by atoms with Crippen molar-refractivity contribution >= 4 is 11.9 Å². The number of aromatic nitrogens is 1. The van der Waals surface area contributed by atoms with Gasteiger partial charge in [0.2, 0.25) is 0 Å². The first-order chi connectivity index (χ1) is 7.45. The molecule has 0 saturated heterocycles. The van der Waals surface area contributed by atoms with Gasteiger partial charge in [-0.1, -0.05) is 24.3 Å². The van der Waals surface area contributed by atoms with Gasteiger partial charge in [-0.3, -0.25) is 9.98 Å². The summed E-state index contributed by atoms with van der Waals surface area (Å²) < 4.78 is 0. The number of rotatable bonds is 3. The predicted octanol–water partition coefficient (Wildman–Crippen LogP) is 3.03. The molecule has 0 radical (unpaired) electrons. The van der Waals surface area contributed by atoms with Crippen LogP contribution in [0.25, 0.3) is 0 Å². The minimum atomic E-state index is 0.774. The van der Waals surface area contributed by atoms with Gasteiger partial charge in [0.05, 0.1) is 5.69 Å². The molecule has 0 N–H and O–H groups in total. The monoisotopic (exact) mass is 196 g/mol. The number of benzene rings is 1. The Morgan fingerprint density at radius 2 is 1.80 bits per heavy atom. The number of hydrogen-bond donors (Lipinski definition) is 0. The van der Waals surface area contributed by atoms with Crippen molar-refractivity contribution in [2.45, 2.75) is 6.42 Å². The Labute approximate surface area is 89.3 Å². The molecule has 0 amide bonds. The summed E-state index contributed by atoms with van der Waals surface area (Å²) in [5.74, 6) is 0. The van der Waals surface area contributed by atoms with Crippen molar-refractivity contribution in [1.29, 1.82) is 0 Å². The quantitative estimate of drug-likeness (QED) is 0.693. The van der Waals surface area contributed by atoms with Gasteiger partial charge in [-0.2, -0.15) is 0 Å². The lowest BCUT2D eigenvalue weighted by Crippen LogP contribution is -1.88. The van der Waals surface area contributed by atoms with Crippen LogP contribution in [0, 0.1) is 0 Å². The fourth-order valence-corrected chi connectivity index (χ4v) is 1.28. The molecule has 2 aromatic rings. The molecule has 1 aromatic heterocycles. The van der Waals surface area contributed by atoms with Crippen molar-refractivity contribution in [1.82, 2.24) is 4.98 Å². The lowest BCUT2D eigenvalue weighted by molar-refractivity contribution is 1.15. The maximum Gasteiger partial charge on any atom is 0.0625 e. The summed E-state index contributed by atoms with van der Waals surface area (Å²) >= 11 is 0. The minimum absolute atomic E-state index is 0.774. The summed E-state index contributed by atoms with van der Waals surface area (Å²) in [7, 11) is 0. The van der Waals surface area contributed by atoms with Crippen LogP contribution in [0.2, 0.25) is 0 Å². The fraction of sp³-hybridized carbons (Fsp3) is 0.0769. The van der Waals surface area contributed by atoms with E-state index in [0.29, 0.717) is 0 Å². The van der Waals surface area contributed by atoms with E-state index in [4.69, 9.17) is 0 Å². The number of pyridine rings is 1. The molecule has 74 valence electrons. The van der Waals surface area contributed by atoms with Gasteiger partial charge >= 0.3 is 0 Å². The fourth-order valence-electron chi connectivity index (χ4n) is 1.28. The van der Waals surface area contributed by atoms with E-state index in [9.17, 15) is 0 Å². The molecule has 0 aliphatic rings. The number of hydrogen-bond acceptors (Lipinski definition) is 2. The van der Waals surface area contributed by atoms with Gasteiger partial charge in [-0.15, -0.1) is 0 Å². The summed E-state index contributed by atoms with van der Waals surface area (Å²) in [4.78, 5) is 8.56. The zero-order chi connectivity index (χ0) is 10.3. The maximum absolute atomic E-state index is 4.34. The second-order valence-corrected chi connectivity index (χ2v) is 3.17. The highest BCUT2D eigenvalue weighted by Crippen LogP contribution is 2.08. The molecule has 0 aliphatic heterocycles. The van der Waals surface area contributed by atoms with Crippen molar-refractivity contribution in [3.05, 3.63) is 60.4 Å². The highest BCUT2D eigenvalue weighted by molar-refractivity contribution is 5.65. The molecule has 15 heavy (non-hydrogen) atoms. The number of para-hydroxylation sites is 1. The lowest BCUT2D eigenvalue weighted by Gasteiger charge is -1.93. The molecule has 2 nitrogen and oxygen atoms in total. The maximum atomic E-state index is 4.34. The van der Waals surface area contributed by atoms with E-state index in [2.05, 4.69) is 9.98 Å². The topological polar surface area (TPSA) is 25.2 Å². The molecule has 2 rings (SSSR count). The van der Waals surface area contributed by atoms with Gasteiger partial charge < -0.3 is 0 Å². The summed E-state index contributed by atoms with van der Waals surface area (Å²) in [5, 5.41) is 0. The highest BCUT2D eigenvalue weighted by Gasteiger charge is 1.88. The first-order valence-electron chi connectivity index (χ1n) is 4.92. The Balaban J connectivity index is 1.97. The molecule has 0 unspecified atom stereocenters. The van der Waals surface area contributed by atoms with Crippen LogP contribution in [0.3, 0.4) is 0 Å². The van der Waals surface area contributed by atoms with E-state index in [1.54, 1.807) is 6.20 Å². The van der Waals surface area contributed by atoms with Crippen molar-refractivity contribution in [2.24, 2.45) is 4.99 Å². The first-order valence-corrected chi connectivity index (χ1v) is 4.92. The molecule has 0 bridgehead atoms. The van der Waals surface area contributed by atoms with Gasteiger partial charge in [-0.25, -0.2) is 0 Å². The summed E-state index contributed by atoms with van der Waals surface area (Å²) in [6.07, 6.45) is 4.46. The number of aliphatic imine (C=N–C) groups is 1. The molecule has 0 atom stereocenters. The summed E-state index contributed by atoms with van der Waals surface area (Å²) in [5.41, 5.74) is 2.02.